The molecular formula is C20H32N2O4. The van der Waals surface area contributed by atoms with Gasteiger partial charge in [0.25, 0.3) is 0 Å². The van der Waals surface area contributed by atoms with Crippen molar-refractivity contribution in [3.05, 3.63) is 18.3 Å². The summed E-state index contributed by atoms with van der Waals surface area (Å²) in [6, 6.07) is 3.75. The Morgan fingerprint density at radius 3 is 2.50 bits per heavy atom. The molecule has 146 valence electrons. The third-order valence-electron chi connectivity index (χ3n) is 4.21. The number of hydrogen-bond acceptors (Lipinski definition) is 5. The summed E-state index contributed by atoms with van der Waals surface area (Å²) >= 11 is 0. The molecule has 6 nitrogen and oxygen atoms in total. The smallest absolute Gasteiger partial charge is 0.410 e. The van der Waals surface area contributed by atoms with Crippen LogP contribution in [0, 0.1) is 5.92 Å². The maximum Gasteiger partial charge on any atom is 0.410 e. The molecule has 1 fully saturated rings. The maximum absolute atomic E-state index is 12.4. The van der Waals surface area contributed by atoms with Crippen molar-refractivity contribution in [2.75, 3.05) is 6.54 Å². The van der Waals surface area contributed by atoms with Gasteiger partial charge in [-0.2, -0.15) is 0 Å². The molecule has 1 saturated heterocycles. The van der Waals surface area contributed by atoms with E-state index < -0.39 is 5.60 Å². The summed E-state index contributed by atoms with van der Waals surface area (Å²) in [6.07, 6.45) is 2.28. The SMILES string of the molecule is CC(C)Oc1ccc(O[C@H]2C[C@H](C)N(C(=O)OC(C)(C)C)C[C@@H]2C)nc1. The number of hydrogen-bond donors (Lipinski definition) is 0. The van der Waals surface area contributed by atoms with Crippen molar-refractivity contribution in [3.63, 3.8) is 0 Å². The van der Waals surface area contributed by atoms with Gasteiger partial charge in [-0.15, -0.1) is 0 Å². The molecule has 1 aliphatic heterocycles. The standard InChI is InChI=1S/C20H32N2O4/c1-13(2)24-16-8-9-18(21-11-16)25-17-10-15(4)22(12-14(17)3)19(23)26-20(5,6)7/h8-9,11,13-15,17H,10,12H2,1-7H3/t14-,15-,17-/m0/s1. The first-order valence-electron chi connectivity index (χ1n) is 9.34. The molecule has 1 aliphatic rings. The van der Waals surface area contributed by atoms with Crippen LogP contribution in [0.5, 0.6) is 11.6 Å². The van der Waals surface area contributed by atoms with Crippen LogP contribution in [0.25, 0.3) is 0 Å². The molecule has 0 spiro atoms. The lowest BCUT2D eigenvalue weighted by Crippen LogP contribution is -2.52. The highest BCUT2D eigenvalue weighted by Crippen LogP contribution is 2.28. The summed E-state index contributed by atoms with van der Waals surface area (Å²) in [5.41, 5.74) is -0.489. The zero-order valence-electron chi connectivity index (χ0n) is 17.0. The molecule has 0 aromatic carbocycles. The normalized spacial score (nSPS) is 23.7. The number of ether oxygens (including phenoxy) is 3. The largest absolute Gasteiger partial charge is 0.489 e. The van der Waals surface area contributed by atoms with E-state index in [1.54, 1.807) is 11.1 Å². The fourth-order valence-corrected chi connectivity index (χ4v) is 2.98. The van der Waals surface area contributed by atoms with Gasteiger partial charge in [-0.25, -0.2) is 9.78 Å². The molecular weight excluding hydrogens is 332 g/mol. The van der Waals surface area contributed by atoms with E-state index in [1.165, 1.54) is 0 Å². The van der Waals surface area contributed by atoms with Crippen LogP contribution in [0.4, 0.5) is 4.79 Å². The first-order chi connectivity index (χ1) is 12.0. The number of piperidine rings is 1. The summed E-state index contributed by atoms with van der Waals surface area (Å²) in [7, 11) is 0. The van der Waals surface area contributed by atoms with Crippen molar-refractivity contribution in [1.29, 1.82) is 0 Å². The number of pyridine rings is 1. The number of rotatable bonds is 4. The highest BCUT2D eigenvalue weighted by molar-refractivity contribution is 5.68. The van der Waals surface area contributed by atoms with Gasteiger partial charge in [-0.1, -0.05) is 6.92 Å². The van der Waals surface area contributed by atoms with Crippen molar-refractivity contribution in [1.82, 2.24) is 9.88 Å². The van der Waals surface area contributed by atoms with Gasteiger partial charge in [0, 0.05) is 31.0 Å². The maximum atomic E-state index is 12.4. The fraction of sp³-hybridized carbons (Fsp3) is 0.700. The summed E-state index contributed by atoms with van der Waals surface area (Å²) in [5.74, 6) is 1.50. The molecule has 0 aliphatic carbocycles. The van der Waals surface area contributed by atoms with E-state index in [0.29, 0.717) is 12.4 Å². The predicted molar refractivity (Wildman–Crippen MR) is 101 cm³/mol. The number of likely N-dealkylation sites (tertiary alicyclic amines) is 1. The highest BCUT2D eigenvalue weighted by atomic mass is 16.6. The Kier molecular flexibility index (Phi) is 6.37. The van der Waals surface area contributed by atoms with Crippen LogP contribution in [0.1, 0.15) is 54.9 Å². The molecule has 0 saturated carbocycles. The Hall–Kier alpha value is -1.98. The predicted octanol–water partition coefficient (Wildman–Crippen LogP) is 4.28. The molecule has 0 bridgehead atoms. The minimum atomic E-state index is -0.489. The molecule has 3 atom stereocenters. The van der Waals surface area contributed by atoms with Crippen LogP contribution in [0.2, 0.25) is 0 Å². The summed E-state index contributed by atoms with van der Waals surface area (Å²) in [4.78, 5) is 18.5. The zero-order chi connectivity index (χ0) is 19.5. The summed E-state index contributed by atoms with van der Waals surface area (Å²) < 4.78 is 17.2. The van der Waals surface area contributed by atoms with E-state index in [-0.39, 0.29) is 30.3 Å². The number of nitrogens with zero attached hydrogens (tertiary/aromatic N) is 2. The van der Waals surface area contributed by atoms with Gasteiger partial charge in [0.15, 0.2) is 0 Å². The highest BCUT2D eigenvalue weighted by Gasteiger charge is 2.37. The Bertz CT molecular complexity index is 595. The number of carbonyl (C=O) groups excluding carboxylic acids is 1. The Morgan fingerprint density at radius 2 is 1.96 bits per heavy atom. The molecule has 0 N–H and O–H groups in total. The van der Waals surface area contributed by atoms with Gasteiger partial charge in [0.2, 0.25) is 5.88 Å². The second-order valence-electron chi connectivity index (χ2n) is 8.35. The quantitative estimate of drug-likeness (QED) is 0.798. The minimum absolute atomic E-state index is 0.00746. The van der Waals surface area contributed by atoms with Gasteiger partial charge in [-0.3, -0.25) is 0 Å². The van der Waals surface area contributed by atoms with Crippen LogP contribution < -0.4 is 9.47 Å². The first-order valence-corrected chi connectivity index (χ1v) is 9.34. The molecule has 2 rings (SSSR count). The lowest BCUT2D eigenvalue weighted by atomic mass is 9.92. The van der Waals surface area contributed by atoms with Crippen molar-refractivity contribution in [2.24, 2.45) is 5.92 Å². The van der Waals surface area contributed by atoms with E-state index >= 15 is 0 Å². The molecule has 6 heteroatoms. The molecule has 26 heavy (non-hydrogen) atoms. The van der Waals surface area contributed by atoms with Gasteiger partial charge in [-0.05, 0) is 47.6 Å². The molecule has 1 aromatic heterocycles. The van der Waals surface area contributed by atoms with Crippen LogP contribution in [-0.2, 0) is 4.74 Å². The van der Waals surface area contributed by atoms with Crippen LogP contribution in [-0.4, -0.2) is 46.4 Å². The second-order valence-corrected chi connectivity index (χ2v) is 8.35. The molecule has 0 radical (unpaired) electrons. The third kappa shape index (κ3) is 5.78. The molecule has 2 heterocycles. The monoisotopic (exact) mass is 364 g/mol. The van der Waals surface area contributed by atoms with E-state index in [1.807, 2.05) is 53.7 Å². The zero-order valence-corrected chi connectivity index (χ0v) is 17.0. The van der Waals surface area contributed by atoms with Crippen LogP contribution in [0.15, 0.2) is 18.3 Å². The summed E-state index contributed by atoms with van der Waals surface area (Å²) in [6.45, 7) is 14.3. The van der Waals surface area contributed by atoms with Crippen LogP contribution in [0.3, 0.4) is 0 Å². The number of amides is 1. The number of aromatic nitrogens is 1. The van der Waals surface area contributed by atoms with Crippen LogP contribution >= 0.6 is 0 Å². The van der Waals surface area contributed by atoms with E-state index in [2.05, 4.69) is 11.9 Å². The average molecular weight is 364 g/mol. The Labute approximate surface area is 156 Å². The lowest BCUT2D eigenvalue weighted by Gasteiger charge is -2.41. The average Bonchev–Trinajstić information content (AvgIpc) is 2.50. The van der Waals surface area contributed by atoms with Crippen molar-refractivity contribution < 1.29 is 19.0 Å². The van der Waals surface area contributed by atoms with Gasteiger partial charge in [0.1, 0.15) is 17.5 Å². The second kappa shape index (κ2) is 8.14. The van der Waals surface area contributed by atoms with E-state index in [9.17, 15) is 4.79 Å². The van der Waals surface area contributed by atoms with Crippen molar-refractivity contribution in [2.45, 2.75) is 78.7 Å². The molecule has 0 unspecified atom stereocenters. The minimum Gasteiger partial charge on any atom is -0.489 e. The van der Waals surface area contributed by atoms with E-state index in [4.69, 9.17) is 14.2 Å². The van der Waals surface area contributed by atoms with Gasteiger partial charge in [0.05, 0.1) is 12.3 Å². The molecule has 1 aromatic rings. The van der Waals surface area contributed by atoms with Crippen molar-refractivity contribution >= 4 is 6.09 Å². The lowest BCUT2D eigenvalue weighted by molar-refractivity contribution is -0.0172. The fourth-order valence-electron chi connectivity index (χ4n) is 2.98. The summed E-state index contributed by atoms with van der Waals surface area (Å²) in [5, 5.41) is 0. The Morgan fingerprint density at radius 1 is 1.27 bits per heavy atom. The third-order valence-corrected chi connectivity index (χ3v) is 4.21. The first kappa shape index (κ1) is 20.3. The molecule has 1 amide bonds. The van der Waals surface area contributed by atoms with Crippen molar-refractivity contribution in [3.8, 4) is 11.6 Å². The van der Waals surface area contributed by atoms with Gasteiger partial charge >= 0.3 is 6.09 Å². The topological polar surface area (TPSA) is 60.9 Å². The number of carbonyl (C=O) groups is 1. The van der Waals surface area contributed by atoms with E-state index in [0.717, 1.165) is 12.2 Å². The van der Waals surface area contributed by atoms with Gasteiger partial charge < -0.3 is 19.1 Å². The Balaban J connectivity index is 1.95.